The van der Waals surface area contributed by atoms with Gasteiger partial charge in [0, 0.05) is 24.8 Å². The van der Waals surface area contributed by atoms with Crippen LogP contribution in [0.1, 0.15) is 28.6 Å². The molecule has 1 aromatic heterocycles. The van der Waals surface area contributed by atoms with Gasteiger partial charge >= 0.3 is 0 Å². The second-order valence-electron chi connectivity index (χ2n) is 5.19. The molecule has 3 heteroatoms. The van der Waals surface area contributed by atoms with Crippen molar-refractivity contribution < 1.29 is 0 Å². The average molecular weight is 466 g/mol. The lowest BCUT2D eigenvalue weighted by Gasteiger charge is -2.08. The van der Waals surface area contributed by atoms with Crippen LogP contribution < -0.4 is 0 Å². The predicted molar refractivity (Wildman–Crippen MR) is 121 cm³/mol. The monoisotopic (exact) mass is 464 g/mol. The van der Waals surface area contributed by atoms with E-state index < -0.39 is 7.53 Å². The van der Waals surface area contributed by atoms with Gasteiger partial charge in [0.05, 0.1) is 0 Å². The largest absolute Gasteiger partial charge is 0.103 e. The SMILES string of the molecule is C=C/C=C\c1c(C)c(C)c(C=C)p1-c1cc(Br)cc(Br)c1.C=CC. The van der Waals surface area contributed by atoms with E-state index in [2.05, 4.69) is 89.7 Å². The lowest BCUT2D eigenvalue weighted by atomic mass is 10.1. The van der Waals surface area contributed by atoms with E-state index in [-0.39, 0.29) is 0 Å². The van der Waals surface area contributed by atoms with Gasteiger partial charge in [-0.15, -0.1) is 6.58 Å². The zero-order valence-corrected chi connectivity index (χ0v) is 18.5. The molecule has 0 fully saturated rings. The van der Waals surface area contributed by atoms with Crippen LogP contribution in [0.15, 0.2) is 65.1 Å². The van der Waals surface area contributed by atoms with Crippen LogP contribution >= 0.6 is 39.4 Å². The van der Waals surface area contributed by atoms with Crippen LogP contribution in [0.2, 0.25) is 0 Å². The maximum absolute atomic E-state index is 4.03. The van der Waals surface area contributed by atoms with Gasteiger partial charge in [0.2, 0.25) is 0 Å². The first kappa shape index (κ1) is 21.0. The number of rotatable bonds is 4. The Kier molecular flexibility index (Phi) is 8.76. The van der Waals surface area contributed by atoms with Crippen molar-refractivity contribution in [3.63, 3.8) is 0 Å². The summed E-state index contributed by atoms with van der Waals surface area (Å²) >= 11 is 7.19. The molecule has 1 heterocycles. The van der Waals surface area contributed by atoms with E-state index in [9.17, 15) is 0 Å². The normalized spacial score (nSPS) is 11.0. The second-order valence-corrected chi connectivity index (χ2v) is 9.17. The second kappa shape index (κ2) is 10.0. The van der Waals surface area contributed by atoms with Crippen LogP contribution in [0.5, 0.6) is 0 Å². The lowest BCUT2D eigenvalue weighted by Crippen LogP contribution is -1.75. The van der Waals surface area contributed by atoms with E-state index in [1.807, 2.05) is 25.2 Å². The molecule has 0 nitrogen and oxygen atoms in total. The molecule has 0 amide bonds. The van der Waals surface area contributed by atoms with E-state index in [1.165, 1.54) is 27.0 Å². The molecule has 24 heavy (non-hydrogen) atoms. The van der Waals surface area contributed by atoms with E-state index >= 15 is 0 Å². The van der Waals surface area contributed by atoms with Gasteiger partial charge in [-0.2, -0.15) is 0 Å². The third-order valence-electron chi connectivity index (χ3n) is 3.50. The van der Waals surface area contributed by atoms with Crippen molar-refractivity contribution in [1.29, 1.82) is 0 Å². The van der Waals surface area contributed by atoms with Crippen molar-refractivity contribution in [2.45, 2.75) is 20.8 Å². The highest BCUT2D eigenvalue weighted by Gasteiger charge is 2.16. The van der Waals surface area contributed by atoms with Crippen LogP contribution in [-0.2, 0) is 0 Å². The van der Waals surface area contributed by atoms with Crippen molar-refractivity contribution >= 4 is 51.5 Å². The summed E-state index contributed by atoms with van der Waals surface area (Å²) in [5.74, 6) is 0. The van der Waals surface area contributed by atoms with Gasteiger partial charge in [0.25, 0.3) is 0 Å². The zero-order chi connectivity index (χ0) is 18.3. The Morgan fingerprint density at radius 1 is 0.917 bits per heavy atom. The Labute approximate surface area is 164 Å². The predicted octanol–water partition coefficient (Wildman–Crippen LogP) is 8.84. The quantitative estimate of drug-likeness (QED) is 0.312. The standard InChI is InChI=1S/C18H17Br2P.C3H6/c1-5-7-8-18-13(4)12(3)17(6-2)21(18)16-10-14(19)9-15(20)11-16;1-3-2/h5-11H,1-2H2,3-4H3;3H,1H2,2H3/b8-7-;. The van der Waals surface area contributed by atoms with E-state index in [0.717, 1.165) is 8.95 Å². The fourth-order valence-electron chi connectivity index (χ4n) is 2.40. The Morgan fingerprint density at radius 2 is 1.42 bits per heavy atom. The molecule has 1 aromatic carbocycles. The first-order valence-corrected chi connectivity index (χ1v) is 10.5. The van der Waals surface area contributed by atoms with E-state index in [4.69, 9.17) is 0 Å². The average Bonchev–Trinajstić information content (AvgIpc) is 2.76. The molecule has 0 saturated carbocycles. The number of allylic oxidation sites excluding steroid dienone is 3. The van der Waals surface area contributed by atoms with Gasteiger partial charge in [-0.1, -0.05) is 82.9 Å². The summed E-state index contributed by atoms with van der Waals surface area (Å²) in [4.78, 5) is 0. The fourth-order valence-corrected chi connectivity index (χ4v) is 6.82. The van der Waals surface area contributed by atoms with Crippen molar-refractivity contribution in [2.75, 3.05) is 0 Å². The van der Waals surface area contributed by atoms with Crippen LogP contribution in [0.25, 0.3) is 17.5 Å². The Balaban J connectivity index is 0.000000891. The summed E-state index contributed by atoms with van der Waals surface area (Å²) in [7, 11) is -0.543. The summed E-state index contributed by atoms with van der Waals surface area (Å²) < 4.78 is 2.18. The molecule has 2 rings (SSSR count). The highest BCUT2D eigenvalue weighted by Crippen LogP contribution is 2.54. The molecule has 0 aliphatic carbocycles. The summed E-state index contributed by atoms with van der Waals surface area (Å²) in [6.07, 6.45) is 9.78. The minimum absolute atomic E-state index is 0.543. The van der Waals surface area contributed by atoms with Gasteiger partial charge in [0.15, 0.2) is 0 Å². The molecule has 126 valence electrons. The van der Waals surface area contributed by atoms with Gasteiger partial charge < -0.3 is 0 Å². The molecule has 0 spiro atoms. The van der Waals surface area contributed by atoms with Crippen LogP contribution in [0.3, 0.4) is 0 Å². The van der Waals surface area contributed by atoms with Crippen LogP contribution in [0.4, 0.5) is 0 Å². The zero-order valence-electron chi connectivity index (χ0n) is 14.4. The molecule has 2 aromatic rings. The fraction of sp³-hybridized carbons (Fsp3) is 0.143. The molecular formula is C21H23Br2P. The first-order chi connectivity index (χ1) is 11.4. The molecule has 0 radical (unpaired) electrons. The van der Waals surface area contributed by atoms with Gasteiger partial charge in [-0.05, 0) is 50.1 Å². The van der Waals surface area contributed by atoms with Gasteiger partial charge in [0.1, 0.15) is 0 Å². The van der Waals surface area contributed by atoms with Crippen molar-refractivity contribution in [2.24, 2.45) is 0 Å². The lowest BCUT2D eigenvalue weighted by molar-refractivity contribution is 1.39. The van der Waals surface area contributed by atoms with Crippen molar-refractivity contribution in [3.8, 4) is 5.30 Å². The number of halogens is 2. The minimum atomic E-state index is -0.543. The molecule has 0 aliphatic rings. The minimum Gasteiger partial charge on any atom is -0.103 e. The summed E-state index contributed by atoms with van der Waals surface area (Å²) in [5, 5.41) is 4.04. The van der Waals surface area contributed by atoms with Crippen LogP contribution in [0, 0.1) is 13.8 Å². The van der Waals surface area contributed by atoms with E-state index in [0.29, 0.717) is 0 Å². The molecule has 0 N–H and O–H groups in total. The van der Waals surface area contributed by atoms with Crippen molar-refractivity contribution in [1.82, 2.24) is 0 Å². The molecular weight excluding hydrogens is 443 g/mol. The summed E-state index contributed by atoms with van der Waals surface area (Å²) in [6.45, 7) is 17.4. The molecule has 0 bridgehead atoms. The first-order valence-electron chi connectivity index (χ1n) is 7.58. The van der Waals surface area contributed by atoms with Crippen molar-refractivity contribution in [3.05, 3.63) is 86.8 Å². The van der Waals surface area contributed by atoms with Crippen LogP contribution in [-0.4, -0.2) is 0 Å². The highest BCUT2D eigenvalue weighted by molar-refractivity contribution is 9.11. The maximum atomic E-state index is 4.03. The third kappa shape index (κ3) is 4.96. The topological polar surface area (TPSA) is 0 Å². The van der Waals surface area contributed by atoms with E-state index in [1.54, 1.807) is 6.08 Å². The summed E-state index contributed by atoms with van der Waals surface area (Å²) in [6, 6.07) is 6.47. The Bertz CT molecular complexity index is 759. The smallest absolute Gasteiger partial charge is 0.0195 e. The van der Waals surface area contributed by atoms with Gasteiger partial charge in [-0.25, -0.2) is 0 Å². The van der Waals surface area contributed by atoms with Gasteiger partial charge in [-0.3, -0.25) is 0 Å². The Morgan fingerprint density at radius 3 is 1.88 bits per heavy atom. The Hall–Kier alpha value is -1.08. The molecule has 1 atom stereocenters. The number of hydrogen-bond acceptors (Lipinski definition) is 0. The number of hydrogen-bond donors (Lipinski definition) is 0. The maximum Gasteiger partial charge on any atom is 0.0195 e. The molecule has 0 aliphatic heterocycles. The summed E-state index contributed by atoms with van der Waals surface area (Å²) in [5.41, 5.74) is 2.70. The molecule has 0 saturated heterocycles. The number of benzene rings is 1. The molecule has 1 unspecified atom stereocenters. The third-order valence-corrected chi connectivity index (χ3v) is 7.16. The highest BCUT2D eigenvalue weighted by atomic mass is 79.9.